The molecule has 0 aliphatic heterocycles. The molecule has 4 aromatic rings. The minimum absolute atomic E-state index is 0.323. The van der Waals surface area contributed by atoms with Gasteiger partial charge in [-0.25, -0.2) is 0 Å². The molecule has 0 N–H and O–H groups in total. The van der Waals surface area contributed by atoms with E-state index in [1.54, 1.807) is 7.11 Å². The van der Waals surface area contributed by atoms with Gasteiger partial charge in [-0.1, -0.05) is 60.7 Å². The number of methoxy groups -OCH3 is 1. The maximum atomic E-state index is 11.6. The summed E-state index contributed by atoms with van der Waals surface area (Å²) >= 11 is 0. The molecule has 3 heteroatoms. The highest BCUT2D eigenvalue weighted by atomic mass is 16.5. The van der Waals surface area contributed by atoms with Crippen LogP contribution in [0.1, 0.15) is 18.1 Å². The van der Waals surface area contributed by atoms with Crippen LogP contribution in [0, 0.1) is 0 Å². The molecule has 0 spiro atoms. The first kappa shape index (κ1) is 17.1. The Kier molecular flexibility index (Phi) is 4.51. The predicted molar refractivity (Wildman–Crippen MR) is 109 cm³/mol. The molecular weight excluding hydrogens is 336 g/mol. The standard InChI is InChI=1S/C24H20O3/c1-16(25)27-24-14-12-18-8-4-6-10-20(18)22(24)15-21-19-9-5-3-7-17(19)11-13-23(21)26-2/h3-14H,15H2,1-2H3. The van der Waals surface area contributed by atoms with E-state index in [9.17, 15) is 4.79 Å². The summed E-state index contributed by atoms with van der Waals surface area (Å²) in [5.41, 5.74) is 2.07. The van der Waals surface area contributed by atoms with Crippen molar-refractivity contribution in [3.8, 4) is 11.5 Å². The van der Waals surface area contributed by atoms with E-state index in [1.165, 1.54) is 6.92 Å². The minimum Gasteiger partial charge on any atom is -0.496 e. The summed E-state index contributed by atoms with van der Waals surface area (Å²) in [6, 6.07) is 24.3. The molecule has 0 amide bonds. The first-order valence-corrected chi connectivity index (χ1v) is 8.91. The van der Waals surface area contributed by atoms with Crippen LogP contribution < -0.4 is 9.47 Å². The quantitative estimate of drug-likeness (QED) is 0.357. The zero-order valence-electron chi connectivity index (χ0n) is 15.4. The van der Waals surface area contributed by atoms with Crippen molar-refractivity contribution in [2.45, 2.75) is 13.3 Å². The number of fused-ring (bicyclic) bond motifs is 2. The summed E-state index contributed by atoms with van der Waals surface area (Å²) in [6.45, 7) is 1.43. The summed E-state index contributed by atoms with van der Waals surface area (Å²) in [4.78, 5) is 11.6. The molecule has 4 rings (SSSR count). The van der Waals surface area contributed by atoms with Crippen molar-refractivity contribution in [2.24, 2.45) is 0 Å². The first-order chi connectivity index (χ1) is 13.2. The normalized spacial score (nSPS) is 10.9. The maximum absolute atomic E-state index is 11.6. The maximum Gasteiger partial charge on any atom is 0.308 e. The number of carbonyl (C=O) groups is 1. The van der Waals surface area contributed by atoms with Crippen LogP contribution in [0.2, 0.25) is 0 Å². The fourth-order valence-corrected chi connectivity index (χ4v) is 3.62. The molecule has 0 atom stereocenters. The van der Waals surface area contributed by atoms with Gasteiger partial charge < -0.3 is 9.47 Å². The van der Waals surface area contributed by atoms with Crippen LogP contribution in [0.15, 0.2) is 72.8 Å². The lowest BCUT2D eigenvalue weighted by Crippen LogP contribution is -2.05. The van der Waals surface area contributed by atoms with Crippen LogP contribution in [0.4, 0.5) is 0 Å². The van der Waals surface area contributed by atoms with Gasteiger partial charge in [0.1, 0.15) is 11.5 Å². The lowest BCUT2D eigenvalue weighted by Gasteiger charge is -2.16. The second kappa shape index (κ2) is 7.12. The Labute approximate surface area is 158 Å². The number of benzene rings is 4. The number of hydrogen-bond acceptors (Lipinski definition) is 3. The van der Waals surface area contributed by atoms with Crippen molar-refractivity contribution < 1.29 is 14.3 Å². The van der Waals surface area contributed by atoms with Crippen molar-refractivity contribution in [3.63, 3.8) is 0 Å². The van der Waals surface area contributed by atoms with Gasteiger partial charge in [-0.2, -0.15) is 0 Å². The van der Waals surface area contributed by atoms with Gasteiger partial charge in [-0.3, -0.25) is 4.79 Å². The van der Waals surface area contributed by atoms with Crippen molar-refractivity contribution in [2.75, 3.05) is 7.11 Å². The van der Waals surface area contributed by atoms with Crippen LogP contribution in [0.25, 0.3) is 21.5 Å². The monoisotopic (exact) mass is 356 g/mol. The molecule has 0 radical (unpaired) electrons. The molecule has 0 heterocycles. The lowest BCUT2D eigenvalue weighted by molar-refractivity contribution is -0.131. The topological polar surface area (TPSA) is 35.5 Å². The van der Waals surface area contributed by atoms with Crippen molar-refractivity contribution >= 4 is 27.5 Å². The summed E-state index contributed by atoms with van der Waals surface area (Å²) in [7, 11) is 1.68. The lowest BCUT2D eigenvalue weighted by atomic mass is 9.93. The van der Waals surface area contributed by atoms with Gasteiger partial charge in [0.2, 0.25) is 0 Å². The molecule has 0 saturated carbocycles. The molecule has 0 aliphatic rings. The van der Waals surface area contributed by atoms with E-state index in [2.05, 4.69) is 30.3 Å². The molecule has 3 nitrogen and oxygen atoms in total. The highest BCUT2D eigenvalue weighted by Crippen LogP contribution is 2.36. The van der Waals surface area contributed by atoms with E-state index in [0.717, 1.165) is 38.4 Å². The van der Waals surface area contributed by atoms with Gasteiger partial charge in [0.15, 0.2) is 0 Å². The molecule has 0 unspecified atom stereocenters. The molecule has 0 aliphatic carbocycles. The van der Waals surface area contributed by atoms with Crippen molar-refractivity contribution in [3.05, 3.63) is 83.9 Å². The van der Waals surface area contributed by atoms with E-state index in [1.807, 2.05) is 42.5 Å². The van der Waals surface area contributed by atoms with Gasteiger partial charge in [0.05, 0.1) is 7.11 Å². The highest BCUT2D eigenvalue weighted by molar-refractivity contribution is 5.92. The average Bonchev–Trinajstić information content (AvgIpc) is 2.69. The van der Waals surface area contributed by atoms with Crippen LogP contribution in [0.3, 0.4) is 0 Å². The Morgan fingerprint density at radius 1 is 0.741 bits per heavy atom. The highest BCUT2D eigenvalue weighted by Gasteiger charge is 2.16. The third-order valence-corrected chi connectivity index (χ3v) is 4.82. The Morgan fingerprint density at radius 3 is 1.81 bits per heavy atom. The summed E-state index contributed by atoms with van der Waals surface area (Å²) in [5.74, 6) is 1.10. The summed E-state index contributed by atoms with van der Waals surface area (Å²) in [6.07, 6.45) is 0.606. The van der Waals surface area contributed by atoms with Crippen molar-refractivity contribution in [1.29, 1.82) is 0 Å². The van der Waals surface area contributed by atoms with E-state index in [4.69, 9.17) is 9.47 Å². The van der Waals surface area contributed by atoms with Gasteiger partial charge in [-0.05, 0) is 33.7 Å². The molecule has 4 aromatic carbocycles. The van der Waals surface area contributed by atoms with Crippen molar-refractivity contribution in [1.82, 2.24) is 0 Å². The van der Waals surface area contributed by atoms with Crippen LogP contribution in [0.5, 0.6) is 11.5 Å². The number of ether oxygens (including phenoxy) is 2. The van der Waals surface area contributed by atoms with E-state index in [0.29, 0.717) is 12.2 Å². The van der Waals surface area contributed by atoms with Gasteiger partial charge in [-0.15, -0.1) is 0 Å². The third-order valence-electron chi connectivity index (χ3n) is 4.82. The second-order valence-electron chi connectivity index (χ2n) is 6.50. The molecule has 134 valence electrons. The summed E-state index contributed by atoms with van der Waals surface area (Å²) < 4.78 is 11.2. The Bertz CT molecular complexity index is 1140. The number of rotatable bonds is 4. The minimum atomic E-state index is -0.323. The smallest absolute Gasteiger partial charge is 0.308 e. The molecule has 0 aromatic heterocycles. The number of hydrogen-bond donors (Lipinski definition) is 0. The SMILES string of the molecule is COc1ccc2ccccc2c1Cc1c(OC(C)=O)ccc2ccccc12. The largest absolute Gasteiger partial charge is 0.496 e. The molecular formula is C24H20O3. The fraction of sp³-hybridized carbons (Fsp3) is 0.125. The van der Waals surface area contributed by atoms with E-state index >= 15 is 0 Å². The Morgan fingerprint density at radius 2 is 1.26 bits per heavy atom. The third kappa shape index (κ3) is 3.24. The van der Waals surface area contributed by atoms with E-state index in [-0.39, 0.29) is 5.97 Å². The van der Waals surface area contributed by atoms with Crippen LogP contribution in [-0.4, -0.2) is 13.1 Å². The van der Waals surface area contributed by atoms with Gasteiger partial charge in [0.25, 0.3) is 0 Å². The van der Waals surface area contributed by atoms with Crippen LogP contribution >= 0.6 is 0 Å². The predicted octanol–water partition coefficient (Wildman–Crippen LogP) is 5.52. The number of esters is 1. The molecule has 0 bridgehead atoms. The van der Waals surface area contributed by atoms with E-state index < -0.39 is 0 Å². The molecule has 27 heavy (non-hydrogen) atoms. The number of carbonyl (C=O) groups excluding carboxylic acids is 1. The Hall–Kier alpha value is -3.33. The van der Waals surface area contributed by atoms with Crippen LogP contribution in [-0.2, 0) is 11.2 Å². The zero-order valence-corrected chi connectivity index (χ0v) is 15.4. The second-order valence-corrected chi connectivity index (χ2v) is 6.50. The average molecular weight is 356 g/mol. The Balaban J connectivity index is 1.96. The molecule has 0 saturated heterocycles. The van der Waals surface area contributed by atoms with Gasteiger partial charge >= 0.3 is 5.97 Å². The zero-order chi connectivity index (χ0) is 18.8. The van der Waals surface area contributed by atoms with Gasteiger partial charge in [0, 0.05) is 24.5 Å². The molecule has 0 fully saturated rings. The first-order valence-electron chi connectivity index (χ1n) is 8.91. The fourth-order valence-electron chi connectivity index (χ4n) is 3.62. The summed E-state index contributed by atoms with van der Waals surface area (Å²) in [5, 5.41) is 4.48.